The van der Waals surface area contributed by atoms with E-state index in [1.54, 1.807) is 31.6 Å². The van der Waals surface area contributed by atoms with Crippen LogP contribution >= 0.6 is 0 Å². The summed E-state index contributed by atoms with van der Waals surface area (Å²) in [5.41, 5.74) is 9.44. The van der Waals surface area contributed by atoms with Gasteiger partial charge in [0.05, 0.1) is 5.69 Å². The first-order valence-corrected chi connectivity index (χ1v) is 7.00. The molecule has 2 aromatic rings. The second-order valence-electron chi connectivity index (χ2n) is 5.72. The number of aromatic nitrogens is 2. The summed E-state index contributed by atoms with van der Waals surface area (Å²) >= 11 is 0. The summed E-state index contributed by atoms with van der Waals surface area (Å²) in [7, 11) is 0. The van der Waals surface area contributed by atoms with Gasteiger partial charge in [0.1, 0.15) is 5.60 Å². The highest BCUT2D eigenvalue weighted by Gasteiger charge is 2.15. The van der Waals surface area contributed by atoms with Crippen molar-refractivity contribution in [2.24, 2.45) is 0 Å². The minimum Gasteiger partial charge on any atom is -0.443 e. The van der Waals surface area contributed by atoms with Crippen molar-refractivity contribution in [1.29, 1.82) is 0 Å². The molecule has 1 aromatic carbocycles. The molecule has 0 spiro atoms. The molecule has 1 aromatic heterocycles. The first-order chi connectivity index (χ1) is 10.4. The SMILES string of the molecule is CC(C)(C)OC(=O)NNNCc1ccc(-n2cccn2)cc1. The predicted octanol–water partition coefficient (Wildman–Crippen LogP) is 1.91. The molecule has 0 saturated heterocycles. The van der Waals surface area contributed by atoms with Crippen LogP contribution in [0.2, 0.25) is 0 Å². The largest absolute Gasteiger partial charge is 0.443 e. The lowest BCUT2D eigenvalue weighted by atomic mass is 10.2. The van der Waals surface area contributed by atoms with Crippen LogP contribution in [0.3, 0.4) is 0 Å². The molecule has 3 N–H and O–H groups in total. The summed E-state index contributed by atoms with van der Waals surface area (Å²) in [6, 6.07) is 9.80. The van der Waals surface area contributed by atoms with Crippen molar-refractivity contribution >= 4 is 6.09 Å². The quantitative estimate of drug-likeness (QED) is 0.581. The van der Waals surface area contributed by atoms with Crippen molar-refractivity contribution in [1.82, 2.24) is 26.2 Å². The number of nitrogens with one attached hydrogen (secondary N) is 3. The molecule has 1 heterocycles. The van der Waals surface area contributed by atoms with Crippen LogP contribution in [0.4, 0.5) is 4.79 Å². The van der Waals surface area contributed by atoms with Crippen LogP contribution in [0, 0.1) is 0 Å². The van der Waals surface area contributed by atoms with Gasteiger partial charge in [-0.2, -0.15) is 10.6 Å². The molecule has 0 aliphatic rings. The summed E-state index contributed by atoms with van der Waals surface area (Å²) in [6.07, 6.45) is 3.09. The van der Waals surface area contributed by atoms with Crippen LogP contribution in [-0.2, 0) is 11.3 Å². The zero-order valence-corrected chi connectivity index (χ0v) is 13.0. The Hall–Kier alpha value is -2.38. The summed E-state index contributed by atoms with van der Waals surface area (Å²) in [5, 5.41) is 4.17. The Morgan fingerprint density at radius 2 is 2.00 bits per heavy atom. The predicted molar refractivity (Wildman–Crippen MR) is 82.9 cm³/mol. The second-order valence-corrected chi connectivity index (χ2v) is 5.72. The molecule has 0 fully saturated rings. The fraction of sp³-hybridized carbons (Fsp3) is 0.333. The number of nitrogens with zero attached hydrogens (tertiary/aromatic N) is 2. The summed E-state index contributed by atoms with van der Waals surface area (Å²) in [4.78, 5) is 11.4. The van der Waals surface area contributed by atoms with Gasteiger partial charge in [-0.25, -0.2) is 20.3 Å². The molecule has 0 aliphatic carbocycles. The molecule has 7 heteroatoms. The van der Waals surface area contributed by atoms with E-state index < -0.39 is 11.7 Å². The number of carbonyl (C=O) groups is 1. The molecule has 2 rings (SSSR count). The van der Waals surface area contributed by atoms with Gasteiger partial charge in [0.15, 0.2) is 0 Å². The van der Waals surface area contributed by atoms with E-state index in [1.807, 2.05) is 36.5 Å². The number of carbonyl (C=O) groups excluding carboxylic acids is 1. The van der Waals surface area contributed by atoms with Crippen LogP contribution < -0.4 is 16.4 Å². The number of hydrazine groups is 2. The van der Waals surface area contributed by atoms with E-state index >= 15 is 0 Å². The van der Waals surface area contributed by atoms with Gasteiger partial charge in [0.25, 0.3) is 0 Å². The van der Waals surface area contributed by atoms with Crippen LogP contribution in [0.1, 0.15) is 26.3 Å². The Morgan fingerprint density at radius 1 is 1.27 bits per heavy atom. The van der Waals surface area contributed by atoms with Crippen LogP contribution in [0.25, 0.3) is 5.69 Å². The standard InChI is InChI=1S/C15H21N5O2/c1-15(2,3)22-14(21)18-19-16-11-12-5-7-13(8-6-12)20-10-4-9-17-20/h4-10,16,19H,11H2,1-3H3,(H,18,21). The molecule has 118 valence electrons. The Bertz CT molecular complexity index is 587. The van der Waals surface area contributed by atoms with Gasteiger partial charge in [0, 0.05) is 18.9 Å². The fourth-order valence-corrected chi connectivity index (χ4v) is 1.73. The second kappa shape index (κ2) is 7.06. The molecule has 0 aliphatic heterocycles. The van der Waals surface area contributed by atoms with Gasteiger partial charge >= 0.3 is 6.09 Å². The zero-order chi connectivity index (χ0) is 16.0. The molecule has 0 bridgehead atoms. The van der Waals surface area contributed by atoms with Gasteiger partial charge in [-0.3, -0.25) is 0 Å². The topological polar surface area (TPSA) is 80.2 Å². The van der Waals surface area contributed by atoms with Crippen molar-refractivity contribution in [3.63, 3.8) is 0 Å². The number of amides is 1. The van der Waals surface area contributed by atoms with E-state index in [0.29, 0.717) is 6.54 Å². The van der Waals surface area contributed by atoms with Crippen LogP contribution in [-0.4, -0.2) is 21.5 Å². The summed E-state index contributed by atoms with van der Waals surface area (Å²) in [5.74, 6) is 0. The smallest absolute Gasteiger partial charge is 0.423 e. The molecular formula is C15H21N5O2. The van der Waals surface area contributed by atoms with Crippen molar-refractivity contribution in [3.8, 4) is 5.69 Å². The van der Waals surface area contributed by atoms with E-state index in [0.717, 1.165) is 11.3 Å². The highest BCUT2D eigenvalue weighted by Crippen LogP contribution is 2.08. The summed E-state index contributed by atoms with van der Waals surface area (Å²) in [6.45, 7) is 5.97. The monoisotopic (exact) mass is 303 g/mol. The molecule has 0 radical (unpaired) electrons. The Labute approximate surface area is 129 Å². The number of ether oxygens (including phenoxy) is 1. The minimum absolute atomic E-state index is 0.520. The van der Waals surface area contributed by atoms with Crippen molar-refractivity contribution < 1.29 is 9.53 Å². The van der Waals surface area contributed by atoms with E-state index in [4.69, 9.17) is 4.74 Å². The summed E-state index contributed by atoms with van der Waals surface area (Å²) < 4.78 is 6.88. The molecule has 1 amide bonds. The zero-order valence-electron chi connectivity index (χ0n) is 13.0. The fourth-order valence-electron chi connectivity index (χ4n) is 1.73. The van der Waals surface area contributed by atoms with Gasteiger partial charge < -0.3 is 4.74 Å². The van der Waals surface area contributed by atoms with Gasteiger partial charge in [0.2, 0.25) is 0 Å². The maximum Gasteiger partial charge on any atom is 0.423 e. The number of benzene rings is 1. The highest BCUT2D eigenvalue weighted by molar-refractivity contribution is 5.66. The average Bonchev–Trinajstić information content (AvgIpc) is 2.96. The third-order valence-electron chi connectivity index (χ3n) is 2.65. The van der Waals surface area contributed by atoms with E-state index in [-0.39, 0.29) is 0 Å². The van der Waals surface area contributed by atoms with Crippen molar-refractivity contribution in [2.45, 2.75) is 32.9 Å². The molecule has 0 atom stereocenters. The lowest BCUT2D eigenvalue weighted by molar-refractivity contribution is 0.0485. The molecule has 7 nitrogen and oxygen atoms in total. The van der Waals surface area contributed by atoms with E-state index in [1.165, 1.54) is 0 Å². The van der Waals surface area contributed by atoms with Crippen LogP contribution in [0.15, 0.2) is 42.7 Å². The van der Waals surface area contributed by atoms with Gasteiger partial charge in [-0.1, -0.05) is 12.1 Å². The first kappa shape index (κ1) is 16.0. The number of hydrogen-bond donors (Lipinski definition) is 3. The third kappa shape index (κ3) is 5.19. The van der Waals surface area contributed by atoms with Gasteiger partial charge in [-0.05, 0) is 44.5 Å². The Balaban J connectivity index is 1.72. The molecule has 0 saturated carbocycles. The minimum atomic E-state index is -0.533. The van der Waals surface area contributed by atoms with Crippen molar-refractivity contribution in [2.75, 3.05) is 0 Å². The molecule has 22 heavy (non-hydrogen) atoms. The Morgan fingerprint density at radius 3 is 2.59 bits per heavy atom. The maximum absolute atomic E-state index is 11.4. The molecule has 0 unspecified atom stereocenters. The highest BCUT2D eigenvalue weighted by atomic mass is 16.6. The maximum atomic E-state index is 11.4. The average molecular weight is 303 g/mol. The number of hydrogen-bond acceptors (Lipinski definition) is 5. The van der Waals surface area contributed by atoms with E-state index in [2.05, 4.69) is 21.5 Å². The third-order valence-corrected chi connectivity index (χ3v) is 2.65. The van der Waals surface area contributed by atoms with Crippen LogP contribution in [0.5, 0.6) is 0 Å². The first-order valence-electron chi connectivity index (χ1n) is 7.00. The van der Waals surface area contributed by atoms with Crippen molar-refractivity contribution in [3.05, 3.63) is 48.3 Å². The number of rotatable bonds is 5. The lowest BCUT2D eigenvalue weighted by Crippen LogP contribution is -2.47. The molecular weight excluding hydrogens is 282 g/mol. The van der Waals surface area contributed by atoms with E-state index in [9.17, 15) is 4.79 Å². The van der Waals surface area contributed by atoms with Gasteiger partial charge in [-0.15, -0.1) is 0 Å². The lowest BCUT2D eigenvalue weighted by Gasteiger charge is -2.19. The Kier molecular flexibility index (Phi) is 5.13. The normalized spacial score (nSPS) is 11.2.